The first kappa shape index (κ1) is 11.5. The molecule has 0 aromatic rings. The molecule has 1 aliphatic rings. The summed E-state index contributed by atoms with van der Waals surface area (Å²) in [7, 11) is 1.96. The molecule has 4 heteroatoms. The number of likely N-dealkylation sites (N-methyl/N-ethyl adjacent to an activating group) is 1. The maximum atomic E-state index is 10.4. The van der Waals surface area contributed by atoms with Crippen molar-refractivity contribution in [2.24, 2.45) is 0 Å². The smallest absolute Gasteiger partial charge is 0.304 e. The zero-order valence-electron chi connectivity index (χ0n) is 7.06. The second-order valence-electron chi connectivity index (χ2n) is 2.90. The Balaban J connectivity index is 0.00000121. The quantitative estimate of drug-likeness (QED) is 0.666. The Bertz CT molecular complexity index is 182. The number of hydrogen-bond acceptors (Lipinski definition) is 2. The van der Waals surface area contributed by atoms with Crippen molar-refractivity contribution in [1.82, 2.24) is 4.90 Å². The highest BCUT2D eigenvalue weighted by atomic mass is 35.5. The van der Waals surface area contributed by atoms with Crippen LogP contribution in [0.2, 0.25) is 0 Å². The van der Waals surface area contributed by atoms with Crippen molar-refractivity contribution in [3.05, 3.63) is 12.2 Å². The van der Waals surface area contributed by atoms with E-state index >= 15 is 0 Å². The number of carboxylic acids is 1. The van der Waals surface area contributed by atoms with Gasteiger partial charge in [-0.1, -0.05) is 12.2 Å². The summed E-state index contributed by atoms with van der Waals surface area (Å²) in [4.78, 5) is 12.4. The largest absolute Gasteiger partial charge is 0.481 e. The fraction of sp³-hybridized carbons (Fsp3) is 0.625. The van der Waals surface area contributed by atoms with E-state index in [9.17, 15) is 4.79 Å². The maximum Gasteiger partial charge on any atom is 0.304 e. The molecule has 0 aromatic heterocycles. The van der Waals surface area contributed by atoms with Crippen LogP contribution < -0.4 is 0 Å². The van der Waals surface area contributed by atoms with Crippen LogP contribution in [0.25, 0.3) is 0 Å². The minimum atomic E-state index is -0.711. The SMILES string of the molecule is CN1CC=CCC1CC(=O)O.Cl. The van der Waals surface area contributed by atoms with Crippen LogP contribution in [0.4, 0.5) is 0 Å². The van der Waals surface area contributed by atoms with Crippen molar-refractivity contribution < 1.29 is 9.90 Å². The summed E-state index contributed by atoms with van der Waals surface area (Å²) in [6.07, 6.45) is 5.23. The lowest BCUT2D eigenvalue weighted by molar-refractivity contribution is -0.138. The molecule has 0 fully saturated rings. The Morgan fingerprint density at radius 1 is 1.67 bits per heavy atom. The van der Waals surface area contributed by atoms with E-state index in [1.54, 1.807) is 0 Å². The van der Waals surface area contributed by atoms with Gasteiger partial charge in [-0.15, -0.1) is 12.4 Å². The fourth-order valence-electron chi connectivity index (χ4n) is 1.26. The van der Waals surface area contributed by atoms with Crippen LogP contribution in [-0.2, 0) is 4.79 Å². The standard InChI is InChI=1S/C8H13NO2.ClH/c1-9-5-3-2-4-7(9)6-8(10)11;/h2-3,7H,4-6H2,1H3,(H,10,11);1H. The van der Waals surface area contributed by atoms with Crippen molar-refractivity contribution in [3.8, 4) is 0 Å². The van der Waals surface area contributed by atoms with Gasteiger partial charge < -0.3 is 5.11 Å². The number of carbonyl (C=O) groups is 1. The van der Waals surface area contributed by atoms with Gasteiger partial charge in [0.15, 0.2) is 0 Å². The second kappa shape index (κ2) is 5.17. The second-order valence-corrected chi connectivity index (χ2v) is 2.90. The van der Waals surface area contributed by atoms with Crippen LogP contribution in [0.15, 0.2) is 12.2 Å². The van der Waals surface area contributed by atoms with Gasteiger partial charge >= 0.3 is 5.97 Å². The van der Waals surface area contributed by atoms with Gasteiger partial charge in [0.05, 0.1) is 6.42 Å². The Labute approximate surface area is 78.5 Å². The molecule has 12 heavy (non-hydrogen) atoms. The van der Waals surface area contributed by atoms with Crippen molar-refractivity contribution in [2.75, 3.05) is 13.6 Å². The molecule has 0 bridgehead atoms. The molecule has 1 aliphatic heterocycles. The van der Waals surface area contributed by atoms with Crippen LogP contribution in [0.3, 0.4) is 0 Å². The maximum absolute atomic E-state index is 10.4. The molecule has 0 radical (unpaired) electrons. The molecule has 3 nitrogen and oxygen atoms in total. The third-order valence-electron chi connectivity index (χ3n) is 2.00. The Hall–Kier alpha value is -0.540. The van der Waals surface area contributed by atoms with Gasteiger partial charge in [-0.3, -0.25) is 9.69 Å². The number of aliphatic carboxylic acids is 1. The topological polar surface area (TPSA) is 40.5 Å². The molecule has 1 unspecified atom stereocenters. The van der Waals surface area contributed by atoms with E-state index in [4.69, 9.17) is 5.11 Å². The van der Waals surface area contributed by atoms with E-state index in [-0.39, 0.29) is 24.9 Å². The third kappa shape index (κ3) is 3.24. The van der Waals surface area contributed by atoms with Crippen molar-refractivity contribution >= 4 is 18.4 Å². The van der Waals surface area contributed by atoms with E-state index in [1.165, 1.54) is 0 Å². The molecule has 1 atom stereocenters. The lowest BCUT2D eigenvalue weighted by atomic mass is 10.1. The van der Waals surface area contributed by atoms with Gasteiger partial charge in [0.25, 0.3) is 0 Å². The first-order valence-corrected chi connectivity index (χ1v) is 3.77. The number of nitrogens with zero attached hydrogens (tertiary/aromatic N) is 1. The van der Waals surface area contributed by atoms with E-state index in [1.807, 2.05) is 13.1 Å². The van der Waals surface area contributed by atoms with Crippen LogP contribution in [0, 0.1) is 0 Å². The normalized spacial score (nSPS) is 23.2. The van der Waals surface area contributed by atoms with Crippen LogP contribution >= 0.6 is 12.4 Å². The first-order valence-electron chi connectivity index (χ1n) is 3.77. The lowest BCUT2D eigenvalue weighted by Crippen LogP contribution is -2.35. The zero-order chi connectivity index (χ0) is 8.27. The van der Waals surface area contributed by atoms with Gasteiger partial charge in [-0.2, -0.15) is 0 Å². The molecule has 70 valence electrons. The van der Waals surface area contributed by atoms with Gasteiger partial charge in [0.1, 0.15) is 0 Å². The number of carboxylic acid groups (broad SMARTS) is 1. The minimum absolute atomic E-state index is 0. The molecule has 1 heterocycles. The average molecular weight is 192 g/mol. The Kier molecular flexibility index (Phi) is 4.93. The van der Waals surface area contributed by atoms with Gasteiger partial charge in [0, 0.05) is 12.6 Å². The minimum Gasteiger partial charge on any atom is -0.481 e. The highest BCUT2D eigenvalue weighted by molar-refractivity contribution is 5.85. The summed E-state index contributed by atoms with van der Waals surface area (Å²) in [6.45, 7) is 0.873. The van der Waals surface area contributed by atoms with Gasteiger partial charge in [-0.25, -0.2) is 0 Å². The Morgan fingerprint density at radius 3 is 2.83 bits per heavy atom. The molecule has 0 saturated heterocycles. The summed E-state index contributed by atoms with van der Waals surface area (Å²) in [5.41, 5.74) is 0. The highest BCUT2D eigenvalue weighted by Crippen LogP contribution is 2.11. The molecule has 0 aromatic carbocycles. The van der Waals surface area contributed by atoms with E-state index < -0.39 is 5.97 Å². The van der Waals surface area contributed by atoms with Crippen molar-refractivity contribution in [1.29, 1.82) is 0 Å². The average Bonchev–Trinajstić information content (AvgIpc) is 1.93. The molecular formula is C8H14ClNO2. The molecule has 0 amide bonds. The molecule has 0 spiro atoms. The molecular weight excluding hydrogens is 178 g/mol. The van der Waals surface area contributed by atoms with E-state index in [2.05, 4.69) is 11.0 Å². The monoisotopic (exact) mass is 191 g/mol. The van der Waals surface area contributed by atoms with Gasteiger partial charge in [-0.05, 0) is 13.5 Å². The zero-order valence-corrected chi connectivity index (χ0v) is 7.88. The molecule has 0 aliphatic carbocycles. The summed E-state index contributed by atoms with van der Waals surface area (Å²) >= 11 is 0. The summed E-state index contributed by atoms with van der Waals surface area (Å²) < 4.78 is 0. The number of halogens is 1. The summed E-state index contributed by atoms with van der Waals surface area (Å²) in [6, 6.07) is 0.192. The van der Waals surface area contributed by atoms with Crippen LogP contribution in [-0.4, -0.2) is 35.6 Å². The van der Waals surface area contributed by atoms with Crippen LogP contribution in [0.5, 0.6) is 0 Å². The molecule has 0 saturated carbocycles. The fourth-order valence-corrected chi connectivity index (χ4v) is 1.26. The van der Waals surface area contributed by atoms with Crippen LogP contribution in [0.1, 0.15) is 12.8 Å². The predicted molar refractivity (Wildman–Crippen MR) is 49.7 cm³/mol. The third-order valence-corrected chi connectivity index (χ3v) is 2.00. The first-order chi connectivity index (χ1) is 5.20. The Morgan fingerprint density at radius 2 is 2.33 bits per heavy atom. The number of rotatable bonds is 2. The highest BCUT2D eigenvalue weighted by Gasteiger charge is 2.17. The van der Waals surface area contributed by atoms with Gasteiger partial charge in [0.2, 0.25) is 0 Å². The summed E-state index contributed by atoms with van der Waals surface area (Å²) in [5, 5.41) is 8.53. The van der Waals surface area contributed by atoms with Crippen molar-refractivity contribution in [3.63, 3.8) is 0 Å². The van der Waals surface area contributed by atoms with E-state index in [0.29, 0.717) is 0 Å². The molecule has 1 rings (SSSR count). The molecule has 1 N–H and O–H groups in total. The predicted octanol–water partition coefficient (Wildman–Crippen LogP) is 1.14. The van der Waals surface area contributed by atoms with Crippen molar-refractivity contribution in [2.45, 2.75) is 18.9 Å². The van der Waals surface area contributed by atoms with E-state index in [0.717, 1.165) is 13.0 Å². The summed E-state index contributed by atoms with van der Waals surface area (Å²) in [5.74, 6) is -0.711. The number of hydrogen-bond donors (Lipinski definition) is 1. The lowest BCUT2D eigenvalue weighted by Gasteiger charge is -2.27.